The smallest absolute Gasteiger partial charge is 0.230 e. The maximum absolute atomic E-state index is 13.5. The molecule has 29 heavy (non-hydrogen) atoms. The third-order valence-electron chi connectivity index (χ3n) is 7.55. The van der Waals surface area contributed by atoms with E-state index in [0.717, 1.165) is 70.6 Å². The third-order valence-corrected chi connectivity index (χ3v) is 8.29. The molecule has 0 bridgehead atoms. The zero-order valence-corrected chi connectivity index (χ0v) is 19.0. The molecular formula is C23H35N3O2S. The van der Waals surface area contributed by atoms with Gasteiger partial charge in [-0.1, -0.05) is 13.8 Å². The van der Waals surface area contributed by atoms with Crippen molar-refractivity contribution in [2.45, 2.75) is 46.5 Å². The first-order valence-corrected chi connectivity index (χ1v) is 12.1. The largest absolute Gasteiger partial charge is 0.342 e. The highest BCUT2D eigenvalue weighted by Gasteiger charge is 2.64. The van der Waals surface area contributed by atoms with Crippen LogP contribution < -0.4 is 0 Å². The molecule has 4 rings (SSSR count). The minimum absolute atomic E-state index is 0.0298. The maximum atomic E-state index is 13.5. The van der Waals surface area contributed by atoms with Crippen LogP contribution in [-0.2, 0) is 16.0 Å². The van der Waals surface area contributed by atoms with E-state index in [-0.39, 0.29) is 16.7 Å². The number of likely N-dealkylation sites (tertiary alicyclic amines) is 3. The molecule has 1 aromatic heterocycles. The number of nitrogens with zero attached hydrogens (tertiary/aromatic N) is 3. The first kappa shape index (κ1) is 20.9. The predicted octanol–water partition coefficient (Wildman–Crippen LogP) is 3.11. The third kappa shape index (κ3) is 3.63. The Morgan fingerprint density at radius 2 is 1.93 bits per heavy atom. The van der Waals surface area contributed by atoms with Gasteiger partial charge in [-0.25, -0.2) is 0 Å². The predicted molar refractivity (Wildman–Crippen MR) is 117 cm³/mol. The van der Waals surface area contributed by atoms with Crippen molar-refractivity contribution in [3.8, 4) is 0 Å². The molecule has 1 atom stereocenters. The molecule has 1 aromatic rings. The van der Waals surface area contributed by atoms with Crippen LogP contribution in [0.25, 0.3) is 0 Å². The van der Waals surface area contributed by atoms with E-state index in [0.29, 0.717) is 18.2 Å². The summed E-state index contributed by atoms with van der Waals surface area (Å²) in [4.78, 5) is 33.0. The molecule has 6 heteroatoms. The Morgan fingerprint density at radius 3 is 2.52 bits per heavy atom. The molecule has 4 heterocycles. The molecule has 3 aliphatic rings. The van der Waals surface area contributed by atoms with Gasteiger partial charge < -0.3 is 14.7 Å². The standard InChI is InChI=1S/C23H35N3O2S/c1-4-25-11-8-23(21(25)28)17-24(14-18(2)3)16-22(23)6-9-26(10-7-22)20(27)13-19-5-12-29-15-19/h5,12,15,18H,4,6-11,13-14,16-17H2,1-3H3/t23-/m0/s1. The van der Waals surface area contributed by atoms with Gasteiger partial charge in [0, 0.05) is 51.2 Å². The summed E-state index contributed by atoms with van der Waals surface area (Å²) in [6.45, 7) is 12.9. The molecule has 0 N–H and O–H groups in total. The van der Waals surface area contributed by atoms with Crippen molar-refractivity contribution in [3.63, 3.8) is 0 Å². The van der Waals surface area contributed by atoms with Crippen LogP contribution in [0.15, 0.2) is 16.8 Å². The van der Waals surface area contributed by atoms with Crippen LogP contribution in [0, 0.1) is 16.7 Å². The van der Waals surface area contributed by atoms with Crippen LogP contribution in [0.3, 0.4) is 0 Å². The van der Waals surface area contributed by atoms with E-state index in [1.54, 1.807) is 11.3 Å². The Morgan fingerprint density at radius 1 is 1.17 bits per heavy atom. The fourth-order valence-corrected chi connectivity index (χ4v) is 6.78. The number of thiophene rings is 1. The van der Waals surface area contributed by atoms with Gasteiger partial charge in [0.05, 0.1) is 11.8 Å². The Kier molecular flexibility index (Phi) is 5.77. The lowest BCUT2D eigenvalue weighted by atomic mass is 9.60. The number of carbonyl (C=O) groups is 2. The van der Waals surface area contributed by atoms with Gasteiger partial charge in [0.25, 0.3) is 0 Å². The summed E-state index contributed by atoms with van der Waals surface area (Å²) < 4.78 is 0. The molecule has 5 nitrogen and oxygen atoms in total. The molecule has 0 unspecified atom stereocenters. The number of carbonyl (C=O) groups excluding carboxylic acids is 2. The lowest BCUT2D eigenvalue weighted by Gasteiger charge is -2.47. The van der Waals surface area contributed by atoms with E-state index in [9.17, 15) is 9.59 Å². The summed E-state index contributed by atoms with van der Waals surface area (Å²) in [5.74, 6) is 1.22. The summed E-state index contributed by atoms with van der Waals surface area (Å²) in [6.07, 6.45) is 3.40. The summed E-state index contributed by atoms with van der Waals surface area (Å²) in [6, 6.07) is 2.04. The monoisotopic (exact) mass is 417 g/mol. The topological polar surface area (TPSA) is 43.9 Å². The van der Waals surface area contributed by atoms with E-state index in [1.807, 2.05) is 16.3 Å². The second-order valence-electron chi connectivity index (χ2n) is 9.75. The lowest BCUT2D eigenvalue weighted by molar-refractivity contribution is -0.143. The molecule has 2 spiro atoms. The van der Waals surface area contributed by atoms with Crippen molar-refractivity contribution >= 4 is 23.2 Å². The van der Waals surface area contributed by atoms with E-state index in [1.165, 1.54) is 0 Å². The normalized spacial score (nSPS) is 27.1. The van der Waals surface area contributed by atoms with Crippen molar-refractivity contribution < 1.29 is 9.59 Å². The van der Waals surface area contributed by atoms with E-state index < -0.39 is 0 Å². The zero-order valence-electron chi connectivity index (χ0n) is 18.2. The lowest BCUT2D eigenvalue weighted by Crippen LogP contribution is -2.53. The SMILES string of the molecule is CCN1CC[C@]2(CN(CC(C)C)CC23CCN(C(=O)Cc2ccsc2)CC3)C1=O. The maximum Gasteiger partial charge on any atom is 0.230 e. The van der Waals surface area contributed by atoms with Crippen LogP contribution in [0.4, 0.5) is 0 Å². The second kappa shape index (κ2) is 8.03. The minimum Gasteiger partial charge on any atom is -0.342 e. The molecule has 3 saturated heterocycles. The molecule has 0 saturated carbocycles. The van der Waals surface area contributed by atoms with Crippen LogP contribution in [0.1, 0.15) is 45.6 Å². The van der Waals surface area contributed by atoms with Gasteiger partial charge in [0.1, 0.15) is 0 Å². The number of hydrogen-bond donors (Lipinski definition) is 0. The number of amides is 2. The van der Waals surface area contributed by atoms with Crippen molar-refractivity contribution in [3.05, 3.63) is 22.4 Å². The van der Waals surface area contributed by atoms with Crippen LogP contribution in [0.2, 0.25) is 0 Å². The fraction of sp³-hybridized carbons (Fsp3) is 0.739. The molecule has 3 fully saturated rings. The van der Waals surface area contributed by atoms with Gasteiger partial charge in [0.15, 0.2) is 0 Å². The highest BCUT2D eigenvalue weighted by atomic mass is 32.1. The molecule has 0 radical (unpaired) electrons. The van der Waals surface area contributed by atoms with E-state index in [2.05, 4.69) is 36.0 Å². The quantitative estimate of drug-likeness (QED) is 0.739. The number of hydrogen-bond acceptors (Lipinski definition) is 4. The van der Waals surface area contributed by atoms with Gasteiger partial charge in [-0.3, -0.25) is 9.59 Å². The van der Waals surface area contributed by atoms with Gasteiger partial charge >= 0.3 is 0 Å². The first-order valence-electron chi connectivity index (χ1n) is 11.2. The van der Waals surface area contributed by atoms with Crippen molar-refractivity contribution in [1.29, 1.82) is 0 Å². The van der Waals surface area contributed by atoms with Crippen molar-refractivity contribution in [2.24, 2.45) is 16.7 Å². The van der Waals surface area contributed by atoms with Gasteiger partial charge in [0.2, 0.25) is 11.8 Å². The van der Waals surface area contributed by atoms with Gasteiger partial charge in [-0.15, -0.1) is 0 Å². The number of piperidine rings is 1. The number of fused-ring (bicyclic) bond motifs is 1. The molecule has 2 amide bonds. The highest BCUT2D eigenvalue weighted by molar-refractivity contribution is 7.08. The van der Waals surface area contributed by atoms with Gasteiger partial charge in [-0.2, -0.15) is 11.3 Å². The van der Waals surface area contributed by atoms with Crippen LogP contribution in [-0.4, -0.2) is 72.3 Å². The van der Waals surface area contributed by atoms with Crippen LogP contribution >= 0.6 is 11.3 Å². The Balaban J connectivity index is 1.50. The van der Waals surface area contributed by atoms with Crippen molar-refractivity contribution in [1.82, 2.24) is 14.7 Å². The Hall–Kier alpha value is -1.40. The fourth-order valence-electron chi connectivity index (χ4n) is 6.11. The summed E-state index contributed by atoms with van der Waals surface area (Å²) in [5.41, 5.74) is 0.910. The second-order valence-corrected chi connectivity index (χ2v) is 10.5. The first-order chi connectivity index (χ1) is 13.9. The Bertz CT molecular complexity index is 739. The zero-order chi connectivity index (χ0) is 20.6. The molecule has 0 aliphatic carbocycles. The molecular weight excluding hydrogens is 382 g/mol. The summed E-state index contributed by atoms with van der Waals surface area (Å²) in [7, 11) is 0. The molecule has 160 valence electrons. The van der Waals surface area contributed by atoms with E-state index >= 15 is 0 Å². The average Bonchev–Trinajstić information content (AvgIpc) is 3.37. The minimum atomic E-state index is -0.236. The molecule has 3 aliphatic heterocycles. The number of rotatable bonds is 5. The van der Waals surface area contributed by atoms with Crippen LogP contribution in [0.5, 0.6) is 0 Å². The highest BCUT2D eigenvalue weighted by Crippen LogP contribution is 2.57. The van der Waals surface area contributed by atoms with Gasteiger partial charge in [-0.05, 0) is 54.5 Å². The van der Waals surface area contributed by atoms with Crippen molar-refractivity contribution in [2.75, 3.05) is 45.8 Å². The average molecular weight is 418 g/mol. The molecule has 0 aromatic carbocycles. The summed E-state index contributed by atoms with van der Waals surface area (Å²) >= 11 is 1.65. The Labute approximate surface area is 179 Å². The summed E-state index contributed by atoms with van der Waals surface area (Å²) in [5, 5.41) is 4.10. The van der Waals surface area contributed by atoms with E-state index in [4.69, 9.17) is 0 Å².